The van der Waals surface area contributed by atoms with E-state index in [9.17, 15) is 4.21 Å². The molecule has 2 nitrogen and oxygen atoms in total. The third-order valence-corrected chi connectivity index (χ3v) is 4.24. The second kappa shape index (κ2) is 6.00. The molecule has 1 aliphatic rings. The number of hydrogen-bond acceptors (Lipinski definition) is 2. The zero-order chi connectivity index (χ0) is 11.3. The summed E-state index contributed by atoms with van der Waals surface area (Å²) in [5.41, 5.74) is 0.559. The summed E-state index contributed by atoms with van der Waals surface area (Å²) in [5.74, 6) is 0.839. The highest BCUT2D eigenvalue weighted by Gasteiger charge is 2.26. The lowest BCUT2D eigenvalue weighted by molar-refractivity contribution is 0.207. The quantitative estimate of drug-likeness (QED) is 0.736. The average Bonchev–Trinajstić information content (AvgIpc) is 2.14. The van der Waals surface area contributed by atoms with Gasteiger partial charge in [0.25, 0.3) is 0 Å². The fraction of sp³-hybridized carbons (Fsp3) is 1.00. The number of hydrogen-bond donors (Lipinski definition) is 1. The molecule has 1 aliphatic carbocycles. The van der Waals surface area contributed by atoms with Crippen LogP contribution >= 0.6 is 0 Å². The Kier molecular flexibility index (Phi) is 5.27. The minimum absolute atomic E-state index is 0.559. The molecule has 0 amide bonds. The summed E-state index contributed by atoms with van der Waals surface area (Å²) in [7, 11) is -0.624. The van der Waals surface area contributed by atoms with Crippen molar-refractivity contribution in [1.82, 2.24) is 5.32 Å². The Morgan fingerprint density at radius 1 is 1.33 bits per heavy atom. The lowest BCUT2D eigenvalue weighted by Gasteiger charge is -2.34. The number of nitrogens with one attached hydrogen (secondary N) is 1. The minimum Gasteiger partial charge on any atom is -0.314 e. The molecule has 0 saturated heterocycles. The van der Waals surface area contributed by atoms with E-state index in [0.29, 0.717) is 11.5 Å². The van der Waals surface area contributed by atoms with Crippen LogP contribution in [0.1, 0.15) is 46.0 Å². The van der Waals surface area contributed by atoms with Crippen molar-refractivity contribution in [3.05, 3.63) is 0 Å². The molecule has 0 radical (unpaired) electrons. The van der Waals surface area contributed by atoms with Gasteiger partial charge in [-0.05, 0) is 44.1 Å². The topological polar surface area (TPSA) is 29.1 Å². The van der Waals surface area contributed by atoms with Crippen LogP contribution in [0, 0.1) is 5.41 Å². The van der Waals surface area contributed by atoms with Crippen LogP contribution in [-0.4, -0.2) is 28.8 Å². The largest absolute Gasteiger partial charge is 0.314 e. The fourth-order valence-corrected chi connectivity index (χ4v) is 2.74. The van der Waals surface area contributed by atoms with Crippen LogP contribution in [0.5, 0.6) is 0 Å². The highest BCUT2D eigenvalue weighted by atomic mass is 32.2. The molecule has 1 N–H and O–H groups in total. The van der Waals surface area contributed by atoms with Gasteiger partial charge in [-0.1, -0.05) is 13.8 Å². The van der Waals surface area contributed by atoms with E-state index in [-0.39, 0.29) is 0 Å². The maximum Gasteiger partial charge on any atom is 0.0244 e. The van der Waals surface area contributed by atoms with Crippen LogP contribution in [0.4, 0.5) is 0 Å². The Labute approximate surface area is 96.7 Å². The van der Waals surface area contributed by atoms with E-state index >= 15 is 0 Å². The predicted molar refractivity (Wildman–Crippen MR) is 67.6 cm³/mol. The molecule has 0 aliphatic heterocycles. The normalized spacial score (nSPS) is 23.9. The first-order valence-corrected chi connectivity index (χ1v) is 7.76. The van der Waals surface area contributed by atoms with Gasteiger partial charge in [-0.3, -0.25) is 4.21 Å². The van der Waals surface area contributed by atoms with E-state index < -0.39 is 10.8 Å². The van der Waals surface area contributed by atoms with E-state index in [1.54, 1.807) is 6.26 Å². The van der Waals surface area contributed by atoms with Gasteiger partial charge in [0.1, 0.15) is 0 Å². The molecule has 1 rings (SSSR count). The molecule has 0 aromatic rings. The molecular weight excluding hydrogens is 206 g/mol. The van der Waals surface area contributed by atoms with Gasteiger partial charge in [0, 0.05) is 28.9 Å². The standard InChI is InChI=1S/C12H25NOS/c1-12(2)7-5-11(6-8-12)13-9-4-10-15(3)14/h11,13H,4-10H2,1-3H3. The predicted octanol–water partition coefficient (Wildman–Crippen LogP) is 2.31. The first-order chi connectivity index (χ1) is 6.99. The van der Waals surface area contributed by atoms with E-state index in [4.69, 9.17) is 0 Å². The van der Waals surface area contributed by atoms with Crippen molar-refractivity contribution >= 4 is 10.8 Å². The smallest absolute Gasteiger partial charge is 0.0244 e. The maximum absolute atomic E-state index is 10.9. The summed E-state index contributed by atoms with van der Waals surface area (Å²) in [4.78, 5) is 0. The van der Waals surface area contributed by atoms with Gasteiger partial charge in [0.05, 0.1) is 0 Å². The highest BCUT2D eigenvalue weighted by Crippen LogP contribution is 2.34. The second-order valence-electron chi connectivity index (χ2n) is 5.52. The van der Waals surface area contributed by atoms with Gasteiger partial charge in [-0.2, -0.15) is 0 Å². The number of rotatable bonds is 5. The zero-order valence-corrected chi connectivity index (χ0v) is 11.2. The Morgan fingerprint density at radius 3 is 2.47 bits per heavy atom. The lowest BCUT2D eigenvalue weighted by Crippen LogP contribution is -2.36. The van der Waals surface area contributed by atoms with E-state index in [1.807, 2.05) is 0 Å². The minimum atomic E-state index is -0.624. The highest BCUT2D eigenvalue weighted by molar-refractivity contribution is 7.84. The van der Waals surface area contributed by atoms with Gasteiger partial charge in [0.15, 0.2) is 0 Å². The van der Waals surface area contributed by atoms with E-state index in [0.717, 1.165) is 18.7 Å². The third-order valence-electron chi connectivity index (χ3n) is 3.38. The maximum atomic E-state index is 10.9. The van der Waals surface area contributed by atoms with Crippen LogP contribution in [0.15, 0.2) is 0 Å². The summed E-state index contributed by atoms with van der Waals surface area (Å²) in [6.45, 7) is 5.76. The van der Waals surface area contributed by atoms with Gasteiger partial charge in [-0.25, -0.2) is 0 Å². The summed E-state index contributed by atoms with van der Waals surface area (Å²) >= 11 is 0. The van der Waals surface area contributed by atoms with Crippen LogP contribution in [0.2, 0.25) is 0 Å². The summed E-state index contributed by atoms with van der Waals surface area (Å²) in [6, 6.07) is 0.711. The molecule has 0 bridgehead atoms. The first-order valence-electron chi connectivity index (χ1n) is 6.03. The molecule has 0 spiro atoms. The van der Waals surface area contributed by atoms with Crippen LogP contribution in [0.25, 0.3) is 0 Å². The molecule has 15 heavy (non-hydrogen) atoms. The molecule has 90 valence electrons. The van der Waals surface area contributed by atoms with Crippen molar-refractivity contribution in [1.29, 1.82) is 0 Å². The molecule has 1 unspecified atom stereocenters. The molecule has 1 atom stereocenters. The molecule has 0 aromatic heterocycles. The monoisotopic (exact) mass is 231 g/mol. The molecule has 0 heterocycles. The summed E-state index contributed by atoms with van der Waals surface area (Å²) in [5, 5.41) is 3.58. The molecule has 1 fully saturated rings. The van der Waals surface area contributed by atoms with Gasteiger partial charge < -0.3 is 5.32 Å². The fourth-order valence-electron chi connectivity index (χ4n) is 2.19. The lowest BCUT2D eigenvalue weighted by atomic mass is 9.75. The van der Waals surface area contributed by atoms with E-state index in [2.05, 4.69) is 19.2 Å². The van der Waals surface area contributed by atoms with Crippen molar-refractivity contribution in [2.24, 2.45) is 5.41 Å². The average molecular weight is 231 g/mol. The van der Waals surface area contributed by atoms with Crippen molar-refractivity contribution in [2.45, 2.75) is 52.0 Å². The van der Waals surface area contributed by atoms with Crippen LogP contribution in [-0.2, 0) is 10.8 Å². The Bertz CT molecular complexity index is 206. The Hall–Kier alpha value is 0.110. The van der Waals surface area contributed by atoms with Crippen LogP contribution < -0.4 is 5.32 Å². The van der Waals surface area contributed by atoms with Gasteiger partial charge in [-0.15, -0.1) is 0 Å². The van der Waals surface area contributed by atoms with Crippen LogP contribution in [0.3, 0.4) is 0 Å². The SMILES string of the molecule is CS(=O)CCCNC1CCC(C)(C)CC1. The zero-order valence-electron chi connectivity index (χ0n) is 10.3. The summed E-state index contributed by atoms with van der Waals surface area (Å²) < 4.78 is 10.9. The molecule has 3 heteroatoms. The van der Waals surface area contributed by atoms with Gasteiger partial charge >= 0.3 is 0 Å². The van der Waals surface area contributed by atoms with Crippen molar-refractivity contribution in [3.63, 3.8) is 0 Å². The van der Waals surface area contributed by atoms with Crippen molar-refractivity contribution in [2.75, 3.05) is 18.6 Å². The molecular formula is C12H25NOS. The van der Waals surface area contributed by atoms with Crippen molar-refractivity contribution < 1.29 is 4.21 Å². The third kappa shape index (κ3) is 5.67. The Balaban J connectivity index is 2.06. The molecule has 1 saturated carbocycles. The van der Waals surface area contributed by atoms with Crippen molar-refractivity contribution in [3.8, 4) is 0 Å². The second-order valence-corrected chi connectivity index (χ2v) is 7.08. The van der Waals surface area contributed by atoms with E-state index in [1.165, 1.54) is 25.7 Å². The Morgan fingerprint density at radius 2 is 1.93 bits per heavy atom. The molecule has 0 aromatic carbocycles. The summed E-state index contributed by atoms with van der Waals surface area (Å²) in [6.07, 6.45) is 8.12. The van der Waals surface area contributed by atoms with Gasteiger partial charge in [0.2, 0.25) is 0 Å². The first kappa shape index (κ1) is 13.2.